The SMILES string of the molecule is O=C(NC[C@@H](c1ccccc1)N1CCCCCC1)c1cncc(F)c1. The summed E-state index contributed by atoms with van der Waals surface area (Å²) < 4.78 is 13.3. The number of rotatable bonds is 5. The van der Waals surface area contributed by atoms with Crippen molar-refractivity contribution in [1.29, 1.82) is 0 Å². The van der Waals surface area contributed by atoms with Crippen molar-refractivity contribution >= 4 is 5.91 Å². The van der Waals surface area contributed by atoms with Gasteiger partial charge in [0.2, 0.25) is 0 Å². The predicted octanol–water partition coefficient (Wildman–Crippen LogP) is 3.57. The first-order valence-electron chi connectivity index (χ1n) is 8.92. The molecule has 1 saturated heterocycles. The normalized spacial score (nSPS) is 16.8. The van der Waals surface area contributed by atoms with Gasteiger partial charge in [0.25, 0.3) is 5.91 Å². The number of nitrogens with one attached hydrogen (secondary N) is 1. The van der Waals surface area contributed by atoms with Gasteiger partial charge >= 0.3 is 0 Å². The number of likely N-dealkylation sites (tertiary alicyclic amines) is 1. The van der Waals surface area contributed by atoms with E-state index in [-0.39, 0.29) is 17.5 Å². The van der Waals surface area contributed by atoms with E-state index in [2.05, 4.69) is 27.3 Å². The Morgan fingerprint density at radius 1 is 1.12 bits per heavy atom. The lowest BCUT2D eigenvalue weighted by atomic mass is 10.0. The molecule has 1 aromatic heterocycles. The Labute approximate surface area is 148 Å². The molecule has 1 N–H and O–H groups in total. The molecule has 0 bridgehead atoms. The van der Waals surface area contributed by atoms with Gasteiger partial charge in [0.1, 0.15) is 5.82 Å². The second-order valence-corrected chi connectivity index (χ2v) is 6.48. The molecule has 3 rings (SSSR count). The predicted molar refractivity (Wildman–Crippen MR) is 95.8 cm³/mol. The van der Waals surface area contributed by atoms with E-state index in [4.69, 9.17) is 0 Å². The third-order valence-electron chi connectivity index (χ3n) is 4.69. The maximum atomic E-state index is 13.3. The van der Waals surface area contributed by atoms with Crippen LogP contribution in [0.2, 0.25) is 0 Å². The molecular weight excluding hydrogens is 317 g/mol. The van der Waals surface area contributed by atoms with Gasteiger partial charge < -0.3 is 5.32 Å². The molecule has 1 atom stereocenters. The smallest absolute Gasteiger partial charge is 0.253 e. The molecule has 25 heavy (non-hydrogen) atoms. The van der Waals surface area contributed by atoms with E-state index in [0.717, 1.165) is 19.3 Å². The Hall–Kier alpha value is -2.27. The fraction of sp³-hybridized carbons (Fsp3) is 0.400. The van der Waals surface area contributed by atoms with Gasteiger partial charge in [-0.15, -0.1) is 0 Å². The number of hydrogen-bond donors (Lipinski definition) is 1. The van der Waals surface area contributed by atoms with Crippen molar-refractivity contribution in [3.8, 4) is 0 Å². The highest BCUT2D eigenvalue weighted by Crippen LogP contribution is 2.23. The Bertz CT molecular complexity index is 684. The maximum Gasteiger partial charge on any atom is 0.253 e. The summed E-state index contributed by atoms with van der Waals surface area (Å²) in [4.78, 5) is 18.5. The van der Waals surface area contributed by atoms with Crippen LogP contribution in [0.1, 0.15) is 47.6 Å². The van der Waals surface area contributed by atoms with Crippen LogP contribution in [0.15, 0.2) is 48.8 Å². The molecule has 0 aliphatic carbocycles. The largest absolute Gasteiger partial charge is 0.350 e. The molecule has 1 amide bonds. The van der Waals surface area contributed by atoms with Crippen LogP contribution in [-0.2, 0) is 0 Å². The van der Waals surface area contributed by atoms with Crippen molar-refractivity contribution < 1.29 is 9.18 Å². The van der Waals surface area contributed by atoms with E-state index in [1.807, 2.05) is 18.2 Å². The fourth-order valence-electron chi connectivity index (χ4n) is 3.37. The van der Waals surface area contributed by atoms with Gasteiger partial charge in [0, 0.05) is 12.7 Å². The summed E-state index contributed by atoms with van der Waals surface area (Å²) in [5, 5.41) is 2.96. The lowest BCUT2D eigenvalue weighted by Gasteiger charge is -2.31. The molecule has 0 radical (unpaired) electrons. The van der Waals surface area contributed by atoms with E-state index < -0.39 is 5.82 Å². The quantitative estimate of drug-likeness (QED) is 0.904. The number of amides is 1. The van der Waals surface area contributed by atoms with Crippen molar-refractivity contribution in [2.24, 2.45) is 0 Å². The van der Waals surface area contributed by atoms with Crippen LogP contribution >= 0.6 is 0 Å². The first-order valence-corrected chi connectivity index (χ1v) is 8.92. The third-order valence-corrected chi connectivity index (χ3v) is 4.69. The molecule has 1 aliphatic heterocycles. The first kappa shape index (κ1) is 17.5. The van der Waals surface area contributed by atoms with Gasteiger partial charge in [-0.3, -0.25) is 14.7 Å². The van der Waals surface area contributed by atoms with Crippen LogP contribution in [0.3, 0.4) is 0 Å². The maximum absolute atomic E-state index is 13.3. The Balaban J connectivity index is 1.72. The van der Waals surface area contributed by atoms with E-state index in [9.17, 15) is 9.18 Å². The van der Waals surface area contributed by atoms with Crippen molar-refractivity contribution in [3.05, 3.63) is 65.7 Å². The number of halogens is 1. The van der Waals surface area contributed by atoms with Crippen LogP contribution in [0.4, 0.5) is 4.39 Å². The Morgan fingerprint density at radius 3 is 2.52 bits per heavy atom. The van der Waals surface area contributed by atoms with Crippen LogP contribution in [-0.4, -0.2) is 35.4 Å². The monoisotopic (exact) mass is 341 g/mol. The molecule has 0 unspecified atom stereocenters. The van der Waals surface area contributed by atoms with E-state index in [0.29, 0.717) is 6.54 Å². The molecule has 4 nitrogen and oxygen atoms in total. The molecule has 2 aromatic rings. The summed E-state index contributed by atoms with van der Waals surface area (Å²) in [6.07, 6.45) is 7.39. The molecule has 132 valence electrons. The second-order valence-electron chi connectivity index (χ2n) is 6.48. The Kier molecular flexibility index (Phi) is 6.12. The molecule has 2 heterocycles. The summed E-state index contributed by atoms with van der Waals surface area (Å²) in [5.41, 5.74) is 1.45. The van der Waals surface area contributed by atoms with Crippen LogP contribution < -0.4 is 5.32 Å². The van der Waals surface area contributed by atoms with Crippen molar-refractivity contribution in [2.45, 2.75) is 31.7 Å². The van der Waals surface area contributed by atoms with Gasteiger partial charge in [0.05, 0.1) is 17.8 Å². The standard InChI is InChI=1S/C20H24FN3O/c21-18-12-17(13-22-14-18)20(25)23-15-19(16-8-4-3-5-9-16)24-10-6-1-2-7-11-24/h3-5,8-9,12-14,19H,1-2,6-7,10-11,15H2,(H,23,25)/t19-/m0/s1. The summed E-state index contributed by atoms with van der Waals surface area (Å²) >= 11 is 0. The highest BCUT2D eigenvalue weighted by atomic mass is 19.1. The van der Waals surface area contributed by atoms with Crippen LogP contribution in [0.5, 0.6) is 0 Å². The summed E-state index contributed by atoms with van der Waals surface area (Å²) in [7, 11) is 0. The minimum absolute atomic E-state index is 0.129. The zero-order valence-electron chi connectivity index (χ0n) is 14.3. The van der Waals surface area contributed by atoms with E-state index in [1.165, 1.54) is 43.5 Å². The number of nitrogens with zero attached hydrogens (tertiary/aromatic N) is 2. The van der Waals surface area contributed by atoms with Crippen LogP contribution in [0.25, 0.3) is 0 Å². The van der Waals surface area contributed by atoms with Crippen molar-refractivity contribution in [1.82, 2.24) is 15.2 Å². The number of hydrogen-bond acceptors (Lipinski definition) is 3. The zero-order valence-corrected chi connectivity index (χ0v) is 14.3. The van der Waals surface area contributed by atoms with Crippen LogP contribution in [0, 0.1) is 5.82 Å². The molecule has 0 spiro atoms. The zero-order chi connectivity index (χ0) is 17.5. The van der Waals surface area contributed by atoms with Crippen molar-refractivity contribution in [3.63, 3.8) is 0 Å². The number of aromatic nitrogens is 1. The van der Waals surface area contributed by atoms with Gasteiger partial charge in [0.15, 0.2) is 0 Å². The minimum Gasteiger partial charge on any atom is -0.350 e. The fourth-order valence-corrected chi connectivity index (χ4v) is 3.37. The van der Waals surface area contributed by atoms with E-state index >= 15 is 0 Å². The summed E-state index contributed by atoms with van der Waals surface area (Å²) in [6.45, 7) is 2.58. The van der Waals surface area contributed by atoms with E-state index in [1.54, 1.807) is 0 Å². The lowest BCUT2D eigenvalue weighted by Crippen LogP contribution is -2.38. The number of benzene rings is 1. The summed E-state index contributed by atoms with van der Waals surface area (Å²) in [6, 6.07) is 11.6. The topological polar surface area (TPSA) is 45.2 Å². The minimum atomic E-state index is -0.500. The molecule has 1 aliphatic rings. The average Bonchev–Trinajstić information content (AvgIpc) is 2.92. The van der Waals surface area contributed by atoms with Gasteiger partial charge in [-0.25, -0.2) is 4.39 Å². The van der Waals surface area contributed by atoms with Gasteiger partial charge in [-0.05, 0) is 37.6 Å². The molecule has 0 saturated carbocycles. The highest BCUT2D eigenvalue weighted by molar-refractivity contribution is 5.93. The lowest BCUT2D eigenvalue weighted by molar-refractivity contribution is 0.0932. The Morgan fingerprint density at radius 2 is 1.84 bits per heavy atom. The second kappa shape index (κ2) is 8.72. The molecular formula is C20H24FN3O. The third kappa shape index (κ3) is 4.86. The molecule has 1 fully saturated rings. The first-order chi connectivity index (χ1) is 12.2. The average molecular weight is 341 g/mol. The number of carbonyl (C=O) groups is 1. The number of pyridine rings is 1. The highest BCUT2D eigenvalue weighted by Gasteiger charge is 2.22. The number of carbonyl (C=O) groups excluding carboxylic acids is 1. The van der Waals surface area contributed by atoms with Gasteiger partial charge in [-0.1, -0.05) is 43.2 Å². The van der Waals surface area contributed by atoms with Gasteiger partial charge in [-0.2, -0.15) is 0 Å². The molecule has 1 aromatic carbocycles. The van der Waals surface area contributed by atoms with Crippen molar-refractivity contribution in [2.75, 3.05) is 19.6 Å². The summed E-state index contributed by atoms with van der Waals surface area (Å²) in [5.74, 6) is -0.789. The molecule has 5 heteroatoms.